The second kappa shape index (κ2) is 16.0. The van der Waals surface area contributed by atoms with Crippen molar-refractivity contribution in [2.45, 2.75) is 31.1 Å². The molecule has 2 aliphatic heterocycles. The predicted molar refractivity (Wildman–Crippen MR) is 239 cm³/mol. The topological polar surface area (TPSA) is 135 Å². The number of carbonyl (C=O) groups is 4. The number of phenols is 1. The van der Waals surface area contributed by atoms with Gasteiger partial charge in [-0.1, -0.05) is 99.9 Å². The van der Waals surface area contributed by atoms with E-state index in [9.17, 15) is 14.7 Å². The highest BCUT2D eigenvalue weighted by atomic mass is 79.9. The Balaban J connectivity index is 1.13. The Labute approximate surface area is 367 Å². The smallest absolute Gasteiger partial charge is 0.260 e. The lowest BCUT2D eigenvalue weighted by Crippen LogP contribution is -2.53. The summed E-state index contributed by atoms with van der Waals surface area (Å²) in [6.07, 6.45) is 6.13. The largest absolute Gasteiger partial charge is 0.504 e. The monoisotopic (exact) mass is 893 g/mol. The fourth-order valence-electron chi connectivity index (χ4n) is 10.2. The highest BCUT2D eigenvalue weighted by Gasteiger charge is 2.70. The van der Waals surface area contributed by atoms with Crippen molar-refractivity contribution in [1.82, 2.24) is 5.01 Å². The molecule has 314 valence electrons. The molecule has 11 nitrogen and oxygen atoms in total. The third-order valence-electron chi connectivity index (χ3n) is 13.0. The number of benzene rings is 5. The van der Waals surface area contributed by atoms with E-state index in [1.54, 1.807) is 50.6 Å². The third-order valence-corrected chi connectivity index (χ3v) is 13.5. The van der Waals surface area contributed by atoms with Gasteiger partial charge in [-0.2, -0.15) is 5.01 Å². The van der Waals surface area contributed by atoms with Crippen LogP contribution in [-0.2, 0) is 24.6 Å². The van der Waals surface area contributed by atoms with E-state index in [2.05, 4.69) is 21.4 Å². The summed E-state index contributed by atoms with van der Waals surface area (Å²) in [5.74, 6) is -4.33. The Bertz CT molecular complexity index is 2680. The van der Waals surface area contributed by atoms with Crippen molar-refractivity contribution in [3.8, 4) is 23.0 Å². The molecule has 2 aliphatic carbocycles. The van der Waals surface area contributed by atoms with Gasteiger partial charge < -0.3 is 19.3 Å². The molecule has 0 bridgehead atoms. The zero-order valence-corrected chi connectivity index (χ0v) is 36.1. The first kappa shape index (κ1) is 40.7. The fraction of sp³-hybridized carbons (Fsp3) is 0.240. The zero-order chi connectivity index (χ0) is 43.4. The Kier molecular flexibility index (Phi) is 10.5. The second-order valence-corrected chi connectivity index (χ2v) is 17.1. The third kappa shape index (κ3) is 6.47. The maximum Gasteiger partial charge on any atom is 0.260 e. The molecule has 12 heteroatoms. The van der Waals surface area contributed by atoms with E-state index in [1.807, 2.05) is 97.9 Å². The molecule has 2 saturated heterocycles. The average Bonchev–Trinajstić information content (AvgIpc) is 3.67. The van der Waals surface area contributed by atoms with Crippen molar-refractivity contribution in [2.24, 2.45) is 23.7 Å². The minimum atomic E-state index is -1.56. The molecule has 5 aromatic carbocycles. The van der Waals surface area contributed by atoms with E-state index in [4.69, 9.17) is 14.2 Å². The Morgan fingerprint density at radius 3 is 2.19 bits per heavy atom. The number of hydrazine groups is 1. The summed E-state index contributed by atoms with van der Waals surface area (Å²) in [6.45, 7) is 1.95. The molecule has 0 aromatic heterocycles. The van der Waals surface area contributed by atoms with Gasteiger partial charge in [0.1, 0.15) is 11.5 Å². The molecule has 2 N–H and O–H groups in total. The van der Waals surface area contributed by atoms with Gasteiger partial charge in [0, 0.05) is 21.5 Å². The first-order valence-corrected chi connectivity index (χ1v) is 21.2. The van der Waals surface area contributed by atoms with Crippen molar-refractivity contribution in [3.63, 3.8) is 0 Å². The Morgan fingerprint density at radius 2 is 1.50 bits per heavy atom. The molecule has 0 radical (unpaired) electrons. The number of rotatable bonds is 10. The lowest BCUT2D eigenvalue weighted by atomic mass is 9.49. The van der Waals surface area contributed by atoms with Gasteiger partial charge in [0.05, 0.1) is 55.9 Å². The normalized spacial score (nSPS) is 24.1. The number of fused-ring (bicyclic) bond motifs is 4. The number of imide groups is 2. The molecule has 3 fully saturated rings. The fourth-order valence-corrected chi connectivity index (χ4v) is 10.7. The second-order valence-electron chi connectivity index (χ2n) is 16.2. The summed E-state index contributed by atoms with van der Waals surface area (Å²) in [6, 6.07) is 32.7. The number of methoxy groups -OCH3 is 3. The van der Waals surface area contributed by atoms with Crippen molar-refractivity contribution in [2.75, 3.05) is 31.7 Å². The van der Waals surface area contributed by atoms with E-state index < -0.39 is 46.8 Å². The van der Waals surface area contributed by atoms with Crippen LogP contribution in [0.5, 0.6) is 23.0 Å². The van der Waals surface area contributed by atoms with Crippen LogP contribution in [0, 0.1) is 30.6 Å². The van der Waals surface area contributed by atoms with Crippen LogP contribution in [0.1, 0.15) is 46.6 Å². The number of carbonyl (C=O) groups excluding carboxylic acids is 4. The van der Waals surface area contributed by atoms with Crippen LogP contribution in [0.25, 0.3) is 12.2 Å². The molecular weight excluding hydrogens is 850 g/mol. The molecule has 0 spiro atoms. The van der Waals surface area contributed by atoms with Gasteiger partial charge in [-0.3, -0.25) is 29.5 Å². The van der Waals surface area contributed by atoms with E-state index in [-0.39, 0.29) is 36.2 Å². The lowest BCUT2D eigenvalue weighted by molar-refractivity contribution is -0.138. The molecule has 62 heavy (non-hydrogen) atoms. The summed E-state index contributed by atoms with van der Waals surface area (Å²) in [7, 11) is 4.66. The predicted octanol–water partition coefficient (Wildman–Crippen LogP) is 8.85. The van der Waals surface area contributed by atoms with E-state index in [0.717, 1.165) is 27.3 Å². The molecule has 6 unspecified atom stereocenters. The Hall–Kier alpha value is -6.66. The molecule has 2 heterocycles. The van der Waals surface area contributed by atoms with Crippen LogP contribution in [0.4, 0.5) is 11.4 Å². The number of ether oxygens (including phenoxy) is 3. The molecule has 4 amide bonds. The quantitative estimate of drug-likeness (QED) is 0.0802. The maximum absolute atomic E-state index is 15.5. The molecular formula is C50H44BrN3O8. The SMILES string of the molecule is COc1ccc(OC)c(C=Cc2ccc(N3C(=O)C4CC=C5C(CC6C(=O)N(Nc7ccc(C)cc7)C(=O)C6(c6ccccc6)C5c5cc(Br)cc(OC)c5O)C4C3=O)cc2)c1. The number of hydrogen-bond donors (Lipinski definition) is 2. The molecule has 1 saturated carbocycles. The lowest BCUT2D eigenvalue weighted by Gasteiger charge is -2.50. The highest BCUT2D eigenvalue weighted by molar-refractivity contribution is 9.10. The zero-order valence-electron chi connectivity index (χ0n) is 34.5. The minimum absolute atomic E-state index is 0.116. The standard InChI is InChI=1S/C50H44BrN3O8/c1-28-10-16-33(17-11-28)52-54-47(57)40-27-38-36(44(39-25-32(51)26-42(62-4)45(39)55)50(40,49(54)59)31-8-6-5-7-9-31)21-22-37-43(38)48(58)53(46(37)56)34-18-13-29(14-19-34)12-15-30-24-35(60-2)20-23-41(30)61-3/h5-21,23-26,37-38,40,43-44,52,55H,22,27H2,1-4H3. The van der Waals surface area contributed by atoms with Crippen molar-refractivity contribution in [3.05, 3.63) is 153 Å². The maximum atomic E-state index is 15.5. The summed E-state index contributed by atoms with van der Waals surface area (Å²) < 4.78 is 17.1. The van der Waals surface area contributed by atoms with Crippen molar-refractivity contribution in [1.29, 1.82) is 0 Å². The van der Waals surface area contributed by atoms with Crippen LogP contribution in [0.15, 0.2) is 125 Å². The van der Waals surface area contributed by atoms with Crippen LogP contribution in [0.2, 0.25) is 0 Å². The van der Waals surface area contributed by atoms with Gasteiger partial charge in [-0.15, -0.1) is 0 Å². The van der Waals surface area contributed by atoms with Gasteiger partial charge in [-0.05, 0) is 91.4 Å². The van der Waals surface area contributed by atoms with Gasteiger partial charge in [0.15, 0.2) is 11.5 Å². The summed E-state index contributed by atoms with van der Waals surface area (Å²) >= 11 is 3.61. The number of halogens is 1. The minimum Gasteiger partial charge on any atom is -0.504 e. The van der Waals surface area contributed by atoms with E-state index in [1.165, 1.54) is 12.0 Å². The van der Waals surface area contributed by atoms with E-state index in [0.29, 0.717) is 38.5 Å². The van der Waals surface area contributed by atoms with Crippen molar-refractivity contribution >= 4 is 63.1 Å². The van der Waals surface area contributed by atoms with Gasteiger partial charge in [0.25, 0.3) is 11.8 Å². The highest BCUT2D eigenvalue weighted by Crippen LogP contribution is 2.65. The molecule has 6 atom stereocenters. The summed E-state index contributed by atoms with van der Waals surface area (Å²) in [4.78, 5) is 61.1. The summed E-state index contributed by atoms with van der Waals surface area (Å²) in [5, 5.41) is 13.1. The number of nitrogens with one attached hydrogen (secondary N) is 1. The molecule has 5 aromatic rings. The molecule has 9 rings (SSSR count). The van der Waals surface area contributed by atoms with Crippen LogP contribution in [0.3, 0.4) is 0 Å². The Morgan fingerprint density at radius 1 is 0.774 bits per heavy atom. The van der Waals surface area contributed by atoms with Crippen LogP contribution >= 0.6 is 15.9 Å². The first-order chi connectivity index (χ1) is 30.0. The van der Waals surface area contributed by atoms with Crippen molar-refractivity contribution < 1.29 is 38.5 Å². The average molecular weight is 895 g/mol. The number of phenolic OH excluding ortho intramolecular Hbond substituents is 1. The van der Waals surface area contributed by atoms with Gasteiger partial charge in [0.2, 0.25) is 11.8 Å². The number of anilines is 2. The van der Waals surface area contributed by atoms with Crippen LogP contribution in [-0.4, -0.2) is 55.1 Å². The van der Waals surface area contributed by atoms with Gasteiger partial charge in [-0.25, -0.2) is 0 Å². The number of amides is 4. The number of aromatic hydroxyl groups is 1. The first-order valence-electron chi connectivity index (χ1n) is 20.4. The number of allylic oxidation sites excluding steroid dienone is 2. The van der Waals surface area contributed by atoms with Crippen LogP contribution < -0.4 is 24.5 Å². The number of nitrogens with zero attached hydrogens (tertiary/aromatic N) is 2. The molecule has 4 aliphatic rings. The summed E-state index contributed by atoms with van der Waals surface area (Å²) in [5.41, 5.74) is 6.89. The number of hydrogen-bond acceptors (Lipinski definition) is 9. The number of aryl methyl sites for hydroxylation is 1. The van der Waals surface area contributed by atoms with E-state index >= 15 is 9.59 Å². The van der Waals surface area contributed by atoms with Gasteiger partial charge >= 0.3 is 0 Å².